The Bertz CT molecular complexity index is 565. The second-order valence-electron chi connectivity index (χ2n) is 4.32. The molecule has 0 bridgehead atoms. The zero-order chi connectivity index (χ0) is 13.8. The Morgan fingerprint density at radius 2 is 2.11 bits per heavy atom. The van der Waals surface area contributed by atoms with Crippen LogP contribution < -0.4 is 11.1 Å². The summed E-state index contributed by atoms with van der Waals surface area (Å²) in [6, 6.07) is 10.3. The number of carbonyl (C=O) groups is 1. The molecule has 0 aliphatic rings. The molecular weight excluding hydrogens is 324 g/mol. The number of thiophene rings is 1. The summed E-state index contributed by atoms with van der Waals surface area (Å²) in [5.41, 5.74) is 7.04. The van der Waals surface area contributed by atoms with Crippen molar-refractivity contribution in [2.24, 2.45) is 5.73 Å². The normalized spacial score (nSPS) is 12.3. The van der Waals surface area contributed by atoms with Crippen LogP contribution in [0.4, 0.5) is 0 Å². The molecule has 3 N–H and O–H groups in total. The Balaban J connectivity index is 1.94. The molecule has 0 spiro atoms. The van der Waals surface area contributed by atoms with Gasteiger partial charge in [0.05, 0.1) is 5.56 Å². The third-order valence-corrected chi connectivity index (χ3v) is 4.36. The number of hydrogen-bond acceptors (Lipinski definition) is 3. The molecule has 19 heavy (non-hydrogen) atoms. The number of benzene rings is 1. The van der Waals surface area contributed by atoms with E-state index in [1.807, 2.05) is 18.2 Å². The molecule has 5 heteroatoms. The molecule has 0 aliphatic heterocycles. The molecule has 0 radical (unpaired) electrons. The summed E-state index contributed by atoms with van der Waals surface area (Å²) in [4.78, 5) is 12.1. The quantitative estimate of drug-likeness (QED) is 0.877. The molecule has 1 atom stereocenters. The van der Waals surface area contributed by atoms with Gasteiger partial charge >= 0.3 is 0 Å². The second-order valence-corrected chi connectivity index (χ2v) is 6.23. The van der Waals surface area contributed by atoms with Crippen LogP contribution >= 0.6 is 27.3 Å². The van der Waals surface area contributed by atoms with Crippen LogP contribution in [0, 0.1) is 0 Å². The van der Waals surface area contributed by atoms with Crippen molar-refractivity contribution >= 4 is 33.2 Å². The van der Waals surface area contributed by atoms with Crippen LogP contribution in [0.3, 0.4) is 0 Å². The van der Waals surface area contributed by atoms with E-state index in [1.54, 1.807) is 16.7 Å². The summed E-state index contributed by atoms with van der Waals surface area (Å²) in [5.74, 6) is -0.372. The van der Waals surface area contributed by atoms with Crippen molar-refractivity contribution < 1.29 is 4.79 Å². The van der Waals surface area contributed by atoms with Gasteiger partial charge < -0.3 is 11.1 Å². The van der Waals surface area contributed by atoms with Crippen molar-refractivity contribution in [3.05, 3.63) is 56.2 Å². The van der Waals surface area contributed by atoms with E-state index in [0.29, 0.717) is 5.56 Å². The van der Waals surface area contributed by atoms with Gasteiger partial charge in [-0.1, -0.05) is 28.1 Å². The first-order chi connectivity index (χ1) is 9.06. The number of nitrogens with two attached hydrogens (primary N) is 1. The number of rotatable bonds is 5. The van der Waals surface area contributed by atoms with E-state index in [2.05, 4.69) is 40.3 Å². The lowest BCUT2D eigenvalue weighted by molar-refractivity contribution is 0.100. The highest BCUT2D eigenvalue weighted by molar-refractivity contribution is 9.10. The van der Waals surface area contributed by atoms with Gasteiger partial charge in [-0.3, -0.25) is 4.79 Å². The molecule has 100 valence electrons. The van der Waals surface area contributed by atoms with Crippen molar-refractivity contribution in [3.8, 4) is 0 Å². The van der Waals surface area contributed by atoms with Crippen molar-refractivity contribution in [2.45, 2.75) is 19.5 Å². The topological polar surface area (TPSA) is 55.1 Å². The lowest BCUT2D eigenvalue weighted by atomic mass is 10.1. The van der Waals surface area contributed by atoms with E-state index in [1.165, 1.54) is 5.56 Å². The zero-order valence-electron chi connectivity index (χ0n) is 10.5. The minimum atomic E-state index is -0.372. The van der Waals surface area contributed by atoms with Crippen molar-refractivity contribution in [3.63, 3.8) is 0 Å². The number of primary amides is 1. The standard InChI is InChI=1S/C14H15BrN2OS/c1-9(10-2-4-12(15)5-3-10)17-7-13-6-11(8-19-13)14(16)18/h2-6,8-9,17H,7H2,1H3,(H2,16,18). The Hall–Kier alpha value is -1.17. The lowest BCUT2D eigenvalue weighted by Gasteiger charge is -2.13. The third-order valence-electron chi connectivity index (χ3n) is 2.89. The van der Waals surface area contributed by atoms with Crippen LogP contribution in [0.15, 0.2) is 40.2 Å². The summed E-state index contributed by atoms with van der Waals surface area (Å²) in [5, 5.41) is 5.23. The van der Waals surface area contributed by atoms with Gasteiger partial charge in [-0.25, -0.2) is 0 Å². The van der Waals surface area contributed by atoms with E-state index in [-0.39, 0.29) is 11.9 Å². The van der Waals surface area contributed by atoms with Gasteiger partial charge in [0.2, 0.25) is 5.91 Å². The van der Waals surface area contributed by atoms with Crippen LogP contribution in [-0.2, 0) is 6.54 Å². The maximum atomic E-state index is 11.0. The van der Waals surface area contributed by atoms with Gasteiger partial charge in [0, 0.05) is 27.3 Å². The Morgan fingerprint density at radius 3 is 2.68 bits per heavy atom. The average Bonchev–Trinajstić information content (AvgIpc) is 2.86. The van der Waals surface area contributed by atoms with Gasteiger partial charge in [-0.05, 0) is 30.7 Å². The monoisotopic (exact) mass is 338 g/mol. The largest absolute Gasteiger partial charge is 0.366 e. The molecule has 2 aromatic rings. The fraction of sp³-hybridized carbons (Fsp3) is 0.214. The van der Waals surface area contributed by atoms with Gasteiger partial charge in [-0.15, -0.1) is 11.3 Å². The number of hydrogen-bond donors (Lipinski definition) is 2. The summed E-state index contributed by atoms with van der Waals surface area (Å²) in [6.45, 7) is 2.85. The minimum absolute atomic E-state index is 0.257. The van der Waals surface area contributed by atoms with E-state index < -0.39 is 0 Å². The molecule has 0 saturated carbocycles. The summed E-state index contributed by atoms with van der Waals surface area (Å²) >= 11 is 4.97. The van der Waals surface area contributed by atoms with Crippen molar-refractivity contribution in [1.29, 1.82) is 0 Å². The Labute approximate surface area is 125 Å². The number of amides is 1. The van der Waals surface area contributed by atoms with Gasteiger partial charge in [0.25, 0.3) is 0 Å². The maximum Gasteiger partial charge on any atom is 0.249 e. The third kappa shape index (κ3) is 3.89. The fourth-order valence-corrected chi connectivity index (χ4v) is 2.81. The smallest absolute Gasteiger partial charge is 0.249 e. The van der Waals surface area contributed by atoms with E-state index in [0.717, 1.165) is 15.9 Å². The summed E-state index contributed by atoms with van der Waals surface area (Å²) in [7, 11) is 0. The van der Waals surface area contributed by atoms with Gasteiger partial charge in [0.1, 0.15) is 0 Å². The Kier molecular flexibility index (Phi) is 4.74. The molecule has 3 nitrogen and oxygen atoms in total. The fourth-order valence-electron chi connectivity index (χ4n) is 1.73. The molecule has 1 aromatic heterocycles. The molecule has 0 aliphatic carbocycles. The van der Waals surface area contributed by atoms with Crippen LogP contribution in [0.2, 0.25) is 0 Å². The van der Waals surface area contributed by atoms with E-state index in [9.17, 15) is 4.79 Å². The first-order valence-corrected chi connectivity index (χ1v) is 7.59. The first kappa shape index (κ1) is 14.2. The van der Waals surface area contributed by atoms with Gasteiger partial charge in [-0.2, -0.15) is 0 Å². The minimum Gasteiger partial charge on any atom is -0.366 e. The lowest BCUT2D eigenvalue weighted by Crippen LogP contribution is -2.17. The van der Waals surface area contributed by atoms with Crippen LogP contribution in [0.25, 0.3) is 0 Å². The number of halogens is 1. The molecule has 1 heterocycles. The molecule has 0 saturated heterocycles. The first-order valence-electron chi connectivity index (χ1n) is 5.92. The SMILES string of the molecule is CC(NCc1cc(C(N)=O)cs1)c1ccc(Br)cc1. The molecule has 1 aromatic carbocycles. The summed E-state index contributed by atoms with van der Waals surface area (Å²) < 4.78 is 1.08. The van der Waals surface area contributed by atoms with Crippen molar-refractivity contribution in [1.82, 2.24) is 5.32 Å². The summed E-state index contributed by atoms with van der Waals surface area (Å²) in [6.07, 6.45) is 0. The highest BCUT2D eigenvalue weighted by atomic mass is 79.9. The highest BCUT2D eigenvalue weighted by Gasteiger charge is 2.07. The Morgan fingerprint density at radius 1 is 1.42 bits per heavy atom. The van der Waals surface area contributed by atoms with E-state index >= 15 is 0 Å². The van der Waals surface area contributed by atoms with Crippen LogP contribution in [-0.4, -0.2) is 5.91 Å². The van der Waals surface area contributed by atoms with Crippen LogP contribution in [0.5, 0.6) is 0 Å². The van der Waals surface area contributed by atoms with Crippen LogP contribution in [0.1, 0.15) is 33.8 Å². The molecule has 1 amide bonds. The number of nitrogens with one attached hydrogen (secondary N) is 1. The number of carbonyl (C=O) groups excluding carboxylic acids is 1. The maximum absolute atomic E-state index is 11.0. The second kappa shape index (κ2) is 6.32. The predicted molar refractivity (Wildman–Crippen MR) is 82.2 cm³/mol. The average molecular weight is 339 g/mol. The molecule has 1 unspecified atom stereocenters. The molecular formula is C14H15BrN2OS. The van der Waals surface area contributed by atoms with E-state index in [4.69, 9.17) is 5.73 Å². The zero-order valence-corrected chi connectivity index (χ0v) is 12.9. The predicted octanol–water partition coefficient (Wildman–Crippen LogP) is 3.46. The highest BCUT2D eigenvalue weighted by Crippen LogP contribution is 2.19. The molecule has 0 fully saturated rings. The van der Waals surface area contributed by atoms with Gasteiger partial charge in [0.15, 0.2) is 0 Å². The molecule has 2 rings (SSSR count). The van der Waals surface area contributed by atoms with Crippen molar-refractivity contribution in [2.75, 3.05) is 0 Å².